The van der Waals surface area contributed by atoms with Gasteiger partial charge in [0.05, 0.1) is 27.9 Å². The lowest BCUT2D eigenvalue weighted by Crippen LogP contribution is -2.33. The van der Waals surface area contributed by atoms with Crippen molar-refractivity contribution in [3.8, 4) is 5.75 Å². The topological polar surface area (TPSA) is 104 Å². The van der Waals surface area contributed by atoms with Gasteiger partial charge in [0.2, 0.25) is 0 Å². The van der Waals surface area contributed by atoms with E-state index in [1.807, 2.05) is 0 Å². The molecule has 0 radical (unpaired) electrons. The van der Waals surface area contributed by atoms with E-state index in [0.29, 0.717) is 5.56 Å². The number of nitrogens with one attached hydrogen (secondary N) is 1. The molecule has 3 rings (SSSR count). The first-order valence-corrected chi connectivity index (χ1v) is 11.0. The van der Waals surface area contributed by atoms with E-state index in [1.165, 1.54) is 55.5 Å². The van der Waals surface area contributed by atoms with Crippen LogP contribution in [0.25, 0.3) is 6.08 Å². The molecule has 7 nitrogen and oxygen atoms in total. The number of anilines is 1. The zero-order valence-corrected chi connectivity index (χ0v) is 16.9. The first-order valence-electron chi connectivity index (χ1n) is 8.52. The summed E-state index contributed by atoms with van der Waals surface area (Å²) >= 11 is 0.738. The van der Waals surface area contributed by atoms with Crippen LogP contribution in [0.2, 0.25) is 0 Å². The largest absolute Gasteiger partial charge is 0.506 e. The van der Waals surface area contributed by atoms with Gasteiger partial charge in [-0.05, 0) is 53.7 Å². The highest BCUT2D eigenvalue weighted by atomic mass is 32.2. The Labute approximate surface area is 171 Å². The van der Waals surface area contributed by atoms with Gasteiger partial charge in [0.15, 0.2) is 9.84 Å². The molecule has 2 aromatic rings. The molecule has 2 N–H and O–H groups in total. The molecular weight excluding hydrogens is 419 g/mol. The smallest absolute Gasteiger partial charge is 0.295 e. The van der Waals surface area contributed by atoms with Crippen molar-refractivity contribution in [2.24, 2.45) is 0 Å². The van der Waals surface area contributed by atoms with E-state index in [2.05, 4.69) is 5.32 Å². The van der Waals surface area contributed by atoms with E-state index in [4.69, 9.17) is 0 Å². The van der Waals surface area contributed by atoms with E-state index in [0.717, 1.165) is 16.7 Å². The normalized spacial score (nSPS) is 15.9. The number of imide groups is 1. The fraction of sp³-hybridized carbons (Fsp3) is 0.158. The number of thioether (sulfide) groups is 1. The van der Waals surface area contributed by atoms with Crippen molar-refractivity contribution in [2.75, 3.05) is 17.7 Å². The summed E-state index contributed by atoms with van der Waals surface area (Å²) in [6, 6.07) is 9.23. The van der Waals surface area contributed by atoms with Crippen molar-refractivity contribution in [3.05, 3.63) is 58.8 Å². The molecular formula is C19H17FN2O5S2. The van der Waals surface area contributed by atoms with Crippen LogP contribution in [-0.4, -0.2) is 42.0 Å². The summed E-state index contributed by atoms with van der Waals surface area (Å²) in [4.78, 5) is 25.8. The standard InChI is InChI=1S/C19H17FN2O5S2/c1-2-29(26,27)14-7-8-16(23)15(10-14)21-11-22-18(24)17(28-19(22)25)9-12-3-5-13(20)6-4-12/h3-10,21,23H,2,11H2,1H3/b17-9-. The fourth-order valence-electron chi connectivity index (χ4n) is 2.53. The molecule has 1 saturated heterocycles. The van der Waals surface area contributed by atoms with Crippen molar-refractivity contribution in [1.29, 1.82) is 0 Å². The van der Waals surface area contributed by atoms with E-state index in [1.54, 1.807) is 0 Å². The lowest BCUT2D eigenvalue weighted by atomic mass is 10.2. The Morgan fingerprint density at radius 3 is 2.52 bits per heavy atom. The number of hydrogen-bond donors (Lipinski definition) is 2. The Balaban J connectivity index is 1.76. The number of amides is 2. The summed E-state index contributed by atoms with van der Waals surface area (Å²) in [7, 11) is -3.48. The SMILES string of the molecule is CCS(=O)(=O)c1ccc(O)c(NCN2C(=O)S/C(=C\c3ccc(F)cc3)C2=O)c1. The molecule has 1 aliphatic heterocycles. The second-order valence-corrected chi connectivity index (χ2v) is 9.35. The van der Waals surface area contributed by atoms with E-state index in [9.17, 15) is 27.5 Å². The van der Waals surface area contributed by atoms with Crippen LogP contribution in [-0.2, 0) is 14.6 Å². The van der Waals surface area contributed by atoms with E-state index in [-0.39, 0.29) is 33.7 Å². The quantitative estimate of drug-likeness (QED) is 0.528. The minimum Gasteiger partial charge on any atom is -0.506 e. The van der Waals surface area contributed by atoms with Crippen molar-refractivity contribution < 1.29 is 27.5 Å². The zero-order valence-electron chi connectivity index (χ0n) is 15.3. The molecule has 0 aromatic heterocycles. The summed E-state index contributed by atoms with van der Waals surface area (Å²) < 4.78 is 37.0. The van der Waals surface area contributed by atoms with Crippen molar-refractivity contribution in [2.45, 2.75) is 11.8 Å². The number of nitrogens with zero attached hydrogens (tertiary/aromatic N) is 1. The molecule has 2 aromatic carbocycles. The van der Waals surface area contributed by atoms with Gasteiger partial charge in [-0.3, -0.25) is 14.5 Å². The molecule has 29 heavy (non-hydrogen) atoms. The maximum Gasteiger partial charge on any atom is 0.295 e. The number of rotatable bonds is 6. The number of hydrogen-bond acceptors (Lipinski definition) is 7. The Hall–Kier alpha value is -2.85. The molecule has 0 aliphatic carbocycles. The van der Waals surface area contributed by atoms with E-state index >= 15 is 0 Å². The summed E-state index contributed by atoms with van der Waals surface area (Å²) in [5, 5.41) is 12.2. The van der Waals surface area contributed by atoms with Crippen LogP contribution in [0.3, 0.4) is 0 Å². The summed E-state index contributed by atoms with van der Waals surface area (Å²) in [5.41, 5.74) is 0.654. The highest BCUT2D eigenvalue weighted by Gasteiger charge is 2.35. The number of carbonyl (C=O) groups is 2. The molecule has 152 valence electrons. The second-order valence-electron chi connectivity index (χ2n) is 6.08. The van der Waals surface area contributed by atoms with Gasteiger partial charge < -0.3 is 10.4 Å². The molecule has 0 unspecified atom stereocenters. The third kappa shape index (κ3) is 4.60. The molecule has 0 spiro atoms. The Morgan fingerprint density at radius 1 is 1.17 bits per heavy atom. The molecule has 10 heteroatoms. The summed E-state index contributed by atoms with van der Waals surface area (Å²) in [6.45, 7) is 1.25. The minimum absolute atomic E-state index is 0.0191. The number of sulfone groups is 1. The lowest BCUT2D eigenvalue weighted by molar-refractivity contribution is -0.122. The van der Waals surface area contributed by atoms with Crippen molar-refractivity contribution in [3.63, 3.8) is 0 Å². The highest BCUT2D eigenvalue weighted by Crippen LogP contribution is 2.33. The van der Waals surface area contributed by atoms with Crippen LogP contribution in [0.15, 0.2) is 52.3 Å². The van der Waals surface area contributed by atoms with Gasteiger partial charge in [-0.2, -0.15) is 0 Å². The number of halogens is 1. The van der Waals surface area contributed by atoms with Crippen LogP contribution in [0, 0.1) is 5.82 Å². The van der Waals surface area contributed by atoms with Gasteiger partial charge in [0, 0.05) is 0 Å². The van der Waals surface area contributed by atoms with Gasteiger partial charge >= 0.3 is 0 Å². The summed E-state index contributed by atoms with van der Waals surface area (Å²) in [5.74, 6) is -1.27. The molecule has 1 fully saturated rings. The second kappa shape index (κ2) is 8.26. The van der Waals surface area contributed by atoms with Crippen LogP contribution >= 0.6 is 11.8 Å². The van der Waals surface area contributed by atoms with Crippen LogP contribution in [0.1, 0.15) is 12.5 Å². The molecule has 0 saturated carbocycles. The molecule has 1 aliphatic rings. The number of benzene rings is 2. The maximum absolute atomic E-state index is 13.0. The Bertz CT molecular complexity index is 1100. The van der Waals surface area contributed by atoms with Crippen LogP contribution < -0.4 is 5.32 Å². The van der Waals surface area contributed by atoms with Crippen LogP contribution in [0.4, 0.5) is 14.9 Å². The van der Waals surface area contributed by atoms with Crippen molar-refractivity contribution >= 4 is 44.5 Å². The average molecular weight is 436 g/mol. The zero-order chi connectivity index (χ0) is 21.2. The molecule has 1 heterocycles. The molecule has 0 bridgehead atoms. The summed E-state index contributed by atoms with van der Waals surface area (Å²) in [6.07, 6.45) is 1.48. The van der Waals surface area contributed by atoms with Crippen molar-refractivity contribution in [1.82, 2.24) is 4.90 Å². The van der Waals surface area contributed by atoms with Gasteiger partial charge in [-0.25, -0.2) is 12.8 Å². The monoisotopic (exact) mass is 436 g/mol. The molecule has 2 amide bonds. The third-order valence-corrected chi connectivity index (χ3v) is 6.82. The van der Waals surface area contributed by atoms with Crippen LogP contribution in [0.5, 0.6) is 5.75 Å². The fourth-order valence-corrected chi connectivity index (χ4v) is 4.27. The number of aromatic hydroxyl groups is 1. The van der Waals surface area contributed by atoms with Gasteiger partial charge in [-0.15, -0.1) is 0 Å². The average Bonchev–Trinajstić information content (AvgIpc) is 2.95. The van der Waals surface area contributed by atoms with E-state index < -0.39 is 26.8 Å². The lowest BCUT2D eigenvalue weighted by Gasteiger charge is -2.16. The highest BCUT2D eigenvalue weighted by molar-refractivity contribution is 8.18. The van der Waals surface area contributed by atoms with Gasteiger partial charge in [-0.1, -0.05) is 19.1 Å². The number of phenolic OH excluding ortho intramolecular Hbond substituents is 1. The third-order valence-electron chi connectivity index (χ3n) is 4.18. The number of phenols is 1. The van der Waals surface area contributed by atoms with Gasteiger partial charge in [0.25, 0.3) is 11.1 Å². The Kier molecular flexibility index (Phi) is 5.94. The first-order chi connectivity index (χ1) is 13.7. The predicted octanol–water partition coefficient (Wildman–Crippen LogP) is 3.43. The first kappa shape index (κ1) is 20.9. The predicted molar refractivity (Wildman–Crippen MR) is 109 cm³/mol. The maximum atomic E-state index is 13.0. The minimum atomic E-state index is -3.48. The van der Waals surface area contributed by atoms with Gasteiger partial charge in [0.1, 0.15) is 11.6 Å². The number of carbonyl (C=O) groups excluding carboxylic acids is 2. The molecule has 0 atom stereocenters. The Morgan fingerprint density at radius 2 is 1.86 bits per heavy atom.